The number of hydrogen-bond acceptors (Lipinski definition) is 8. The molecule has 5 rings (SSSR count). The summed E-state index contributed by atoms with van der Waals surface area (Å²) in [4.78, 5) is 23.8. The van der Waals surface area contributed by atoms with Crippen molar-refractivity contribution >= 4 is 34.7 Å². The van der Waals surface area contributed by atoms with E-state index in [0.29, 0.717) is 41.9 Å². The Hall–Kier alpha value is -2.37. The molecule has 8 nitrogen and oxygen atoms in total. The first-order chi connectivity index (χ1) is 15.9. The number of piperidine rings is 1. The van der Waals surface area contributed by atoms with Crippen molar-refractivity contribution < 1.29 is 19.0 Å². The van der Waals surface area contributed by atoms with Crippen molar-refractivity contribution in [2.24, 2.45) is 10.7 Å². The molecule has 0 radical (unpaired) electrons. The maximum Gasteiger partial charge on any atom is 0.335 e. The van der Waals surface area contributed by atoms with Gasteiger partial charge in [-0.15, -0.1) is 11.3 Å². The largest absolute Gasteiger partial charge is 0.478 e. The summed E-state index contributed by atoms with van der Waals surface area (Å²) in [6, 6.07) is 3.32. The number of amidine groups is 1. The Labute approximate surface area is 198 Å². The zero-order valence-electron chi connectivity index (χ0n) is 17.6. The SMILES string of the molecule is NC1CC2COCC(C1)N2CC1=C(C(=O)O)[C@H](c2ccc(F)cc2Cl)N=C(c2nccs2)N1. The van der Waals surface area contributed by atoms with Crippen LogP contribution in [0, 0.1) is 5.82 Å². The average Bonchev–Trinajstić information content (AvgIpc) is 3.29. The summed E-state index contributed by atoms with van der Waals surface area (Å²) in [5.41, 5.74) is 7.25. The lowest BCUT2D eigenvalue weighted by Gasteiger charge is -2.48. The normalized spacial score (nSPS) is 27.8. The minimum Gasteiger partial charge on any atom is -0.478 e. The molecule has 0 amide bonds. The van der Waals surface area contributed by atoms with Gasteiger partial charge in [-0.25, -0.2) is 14.2 Å². The molecule has 4 heterocycles. The number of benzene rings is 1. The van der Waals surface area contributed by atoms with Gasteiger partial charge in [-0.2, -0.15) is 0 Å². The number of nitrogens with zero attached hydrogens (tertiary/aromatic N) is 3. The Morgan fingerprint density at radius 2 is 2.12 bits per heavy atom. The summed E-state index contributed by atoms with van der Waals surface area (Å²) < 4.78 is 19.5. The van der Waals surface area contributed by atoms with Gasteiger partial charge in [0.15, 0.2) is 10.8 Å². The van der Waals surface area contributed by atoms with Crippen LogP contribution in [0.5, 0.6) is 0 Å². The van der Waals surface area contributed by atoms with Gasteiger partial charge in [0.1, 0.15) is 11.9 Å². The number of nitrogens with two attached hydrogens (primary N) is 1. The summed E-state index contributed by atoms with van der Waals surface area (Å²) >= 11 is 7.73. The van der Waals surface area contributed by atoms with E-state index >= 15 is 0 Å². The van der Waals surface area contributed by atoms with Crippen molar-refractivity contribution in [3.05, 3.63) is 62.5 Å². The molecule has 0 saturated carbocycles. The van der Waals surface area contributed by atoms with Gasteiger partial charge >= 0.3 is 5.97 Å². The van der Waals surface area contributed by atoms with E-state index in [0.717, 1.165) is 12.8 Å². The van der Waals surface area contributed by atoms with Crippen LogP contribution in [0.2, 0.25) is 5.02 Å². The molecule has 11 heteroatoms. The number of halogens is 2. The molecule has 3 aliphatic heterocycles. The number of carbonyl (C=O) groups is 1. The highest BCUT2D eigenvalue weighted by Crippen LogP contribution is 2.37. The molecule has 3 atom stereocenters. The zero-order valence-corrected chi connectivity index (χ0v) is 19.2. The van der Waals surface area contributed by atoms with Crippen molar-refractivity contribution in [1.29, 1.82) is 0 Å². The summed E-state index contributed by atoms with van der Waals surface area (Å²) in [5, 5.41) is 16.0. The molecule has 4 N–H and O–H groups in total. The number of thiazole rings is 1. The molecule has 174 valence electrons. The zero-order chi connectivity index (χ0) is 23.1. The number of nitrogens with one attached hydrogen (secondary N) is 1. The van der Waals surface area contributed by atoms with E-state index in [1.54, 1.807) is 6.20 Å². The lowest BCUT2D eigenvalue weighted by atomic mass is 9.89. The van der Waals surface area contributed by atoms with Crippen LogP contribution in [0.25, 0.3) is 0 Å². The quantitative estimate of drug-likeness (QED) is 0.589. The predicted molar refractivity (Wildman–Crippen MR) is 123 cm³/mol. The number of ether oxygens (including phenoxy) is 1. The Kier molecular flexibility index (Phi) is 6.19. The van der Waals surface area contributed by atoms with Crippen LogP contribution in [-0.2, 0) is 9.53 Å². The van der Waals surface area contributed by atoms with Gasteiger partial charge in [0.05, 0.1) is 18.8 Å². The number of aliphatic carboxylic acids is 1. The van der Waals surface area contributed by atoms with E-state index in [1.165, 1.54) is 29.5 Å². The lowest BCUT2D eigenvalue weighted by molar-refractivity contribution is -0.133. The average molecular weight is 492 g/mol. The van der Waals surface area contributed by atoms with Crippen LogP contribution in [0.15, 0.2) is 46.0 Å². The van der Waals surface area contributed by atoms with Crippen molar-refractivity contribution in [3.63, 3.8) is 0 Å². The highest BCUT2D eigenvalue weighted by Gasteiger charge is 2.40. The number of hydrogen-bond donors (Lipinski definition) is 3. The molecule has 2 aromatic rings. The maximum atomic E-state index is 13.7. The molecule has 0 aliphatic carbocycles. The smallest absolute Gasteiger partial charge is 0.335 e. The number of aromatic nitrogens is 1. The van der Waals surface area contributed by atoms with E-state index in [9.17, 15) is 14.3 Å². The fourth-order valence-electron chi connectivity index (χ4n) is 4.84. The minimum atomic E-state index is -1.11. The second-order valence-electron chi connectivity index (χ2n) is 8.45. The molecule has 0 spiro atoms. The van der Waals surface area contributed by atoms with Gasteiger partial charge in [0.25, 0.3) is 0 Å². The van der Waals surface area contributed by atoms with Gasteiger partial charge in [0.2, 0.25) is 0 Å². The number of carboxylic acid groups (broad SMARTS) is 1. The summed E-state index contributed by atoms with van der Waals surface area (Å²) in [6.07, 6.45) is 3.23. The highest BCUT2D eigenvalue weighted by atomic mass is 35.5. The molecular weight excluding hydrogens is 469 g/mol. The first kappa shape index (κ1) is 22.4. The Morgan fingerprint density at radius 1 is 1.36 bits per heavy atom. The molecule has 1 aromatic heterocycles. The van der Waals surface area contributed by atoms with Crippen molar-refractivity contribution in [1.82, 2.24) is 15.2 Å². The number of aliphatic imine (C=N–C) groups is 1. The second kappa shape index (κ2) is 9.11. The van der Waals surface area contributed by atoms with Gasteiger partial charge in [0, 0.05) is 52.5 Å². The van der Waals surface area contributed by atoms with Crippen LogP contribution in [0.1, 0.15) is 29.5 Å². The second-order valence-corrected chi connectivity index (χ2v) is 9.76. The Balaban J connectivity index is 1.58. The molecule has 3 aliphatic rings. The van der Waals surface area contributed by atoms with Crippen LogP contribution < -0.4 is 11.1 Å². The Morgan fingerprint density at radius 3 is 2.76 bits per heavy atom. The third-order valence-corrected chi connectivity index (χ3v) is 7.40. The lowest BCUT2D eigenvalue weighted by Crippen LogP contribution is -2.60. The molecule has 2 unspecified atom stereocenters. The van der Waals surface area contributed by atoms with Gasteiger partial charge in [-0.05, 0) is 25.0 Å². The molecular formula is C22H23ClFN5O3S. The van der Waals surface area contributed by atoms with E-state index < -0.39 is 17.8 Å². The van der Waals surface area contributed by atoms with Crippen LogP contribution in [-0.4, -0.2) is 64.7 Å². The first-order valence-electron chi connectivity index (χ1n) is 10.7. The molecule has 1 aromatic carbocycles. The minimum absolute atomic E-state index is 0.0812. The van der Waals surface area contributed by atoms with Crippen molar-refractivity contribution in [2.45, 2.75) is 37.0 Å². The summed E-state index contributed by atoms with van der Waals surface area (Å²) in [7, 11) is 0. The van der Waals surface area contributed by atoms with Crippen molar-refractivity contribution in [3.8, 4) is 0 Å². The van der Waals surface area contributed by atoms with Crippen molar-refractivity contribution in [2.75, 3.05) is 19.8 Å². The topological polar surface area (TPSA) is 113 Å². The third-order valence-electron chi connectivity index (χ3n) is 6.30. The van der Waals surface area contributed by atoms with Crippen LogP contribution in [0.4, 0.5) is 4.39 Å². The van der Waals surface area contributed by atoms with E-state index in [-0.39, 0.29) is 28.7 Å². The third kappa shape index (κ3) is 4.41. The fraction of sp³-hybridized carbons (Fsp3) is 0.409. The summed E-state index contributed by atoms with van der Waals surface area (Å²) in [5.74, 6) is -1.15. The Bertz CT molecular complexity index is 1110. The number of morpholine rings is 1. The van der Waals surface area contributed by atoms with E-state index in [2.05, 4.69) is 20.2 Å². The highest BCUT2D eigenvalue weighted by molar-refractivity contribution is 7.11. The molecule has 2 saturated heterocycles. The first-order valence-corrected chi connectivity index (χ1v) is 11.9. The number of rotatable bonds is 5. The monoisotopic (exact) mass is 491 g/mol. The van der Waals surface area contributed by atoms with Crippen LogP contribution in [0.3, 0.4) is 0 Å². The van der Waals surface area contributed by atoms with Gasteiger partial charge < -0.3 is 20.9 Å². The van der Waals surface area contributed by atoms with Crippen LogP contribution >= 0.6 is 22.9 Å². The standard InChI is InChI=1S/C22H23ClFN5O3S/c23-16-5-11(24)1-2-15(16)19-18(22(30)31)17(27-20(28-19)21-26-3-4-33-21)8-29-13-6-12(25)7-14(29)10-32-9-13/h1-5,12-14,19H,6-10,25H2,(H,27,28)(H,30,31)/t12?,13?,14?,19-/m0/s1. The molecule has 33 heavy (non-hydrogen) atoms. The molecule has 2 fully saturated rings. The van der Waals surface area contributed by atoms with E-state index in [1.807, 2.05) is 5.38 Å². The number of fused-ring (bicyclic) bond motifs is 2. The fourth-order valence-corrected chi connectivity index (χ4v) is 5.70. The van der Waals surface area contributed by atoms with Gasteiger partial charge in [-0.1, -0.05) is 17.7 Å². The predicted octanol–water partition coefficient (Wildman–Crippen LogP) is 2.56. The van der Waals surface area contributed by atoms with E-state index in [4.69, 9.17) is 22.1 Å². The summed E-state index contributed by atoms with van der Waals surface area (Å²) in [6.45, 7) is 1.48. The number of carboxylic acids is 1. The van der Waals surface area contributed by atoms with Gasteiger partial charge in [-0.3, -0.25) is 9.89 Å². The maximum absolute atomic E-state index is 13.7. The molecule has 2 bridgehead atoms.